The summed E-state index contributed by atoms with van der Waals surface area (Å²) in [5.74, 6) is 1.09. The Morgan fingerprint density at radius 1 is 1.40 bits per heavy atom. The molecule has 0 saturated carbocycles. The van der Waals surface area contributed by atoms with Crippen LogP contribution in [-0.2, 0) is 13.5 Å². The molecule has 1 atom stereocenters. The topological polar surface area (TPSA) is 29.9 Å². The fourth-order valence-electron chi connectivity index (χ4n) is 2.93. The minimum absolute atomic E-state index is 0.209. The van der Waals surface area contributed by atoms with Gasteiger partial charge >= 0.3 is 0 Å². The van der Waals surface area contributed by atoms with Crippen molar-refractivity contribution in [2.24, 2.45) is 7.05 Å². The number of rotatable bonds is 1. The van der Waals surface area contributed by atoms with Gasteiger partial charge in [-0.1, -0.05) is 15.9 Å². The van der Waals surface area contributed by atoms with Crippen LogP contribution in [0.25, 0.3) is 11.0 Å². The Bertz CT molecular complexity index is 790. The molecule has 0 aliphatic carbocycles. The van der Waals surface area contributed by atoms with E-state index in [9.17, 15) is 0 Å². The van der Waals surface area contributed by atoms with E-state index >= 15 is 0 Å². The Kier molecular flexibility index (Phi) is 2.94. The zero-order valence-electron chi connectivity index (χ0n) is 11.1. The normalized spacial score (nSPS) is 18.4. The van der Waals surface area contributed by atoms with Crippen molar-refractivity contribution < 1.29 is 0 Å². The van der Waals surface area contributed by atoms with Crippen molar-refractivity contribution in [2.75, 3.05) is 6.54 Å². The van der Waals surface area contributed by atoms with Crippen molar-refractivity contribution in [3.8, 4) is 0 Å². The quantitative estimate of drug-likeness (QED) is 0.728. The third kappa shape index (κ3) is 1.84. The van der Waals surface area contributed by atoms with Gasteiger partial charge in [-0.05, 0) is 41.6 Å². The first kappa shape index (κ1) is 12.6. The molecule has 0 amide bonds. The third-order valence-electron chi connectivity index (χ3n) is 3.93. The van der Waals surface area contributed by atoms with E-state index < -0.39 is 0 Å². The van der Waals surface area contributed by atoms with E-state index in [1.807, 2.05) is 11.3 Å². The molecule has 0 radical (unpaired) electrons. The maximum Gasteiger partial charge on any atom is 0.131 e. The largest absolute Gasteiger partial charge is 0.329 e. The van der Waals surface area contributed by atoms with Crippen molar-refractivity contribution in [3.63, 3.8) is 0 Å². The van der Waals surface area contributed by atoms with Crippen LogP contribution in [0, 0.1) is 0 Å². The van der Waals surface area contributed by atoms with E-state index in [-0.39, 0.29) is 6.04 Å². The highest BCUT2D eigenvalue weighted by Gasteiger charge is 2.26. The standard InChI is InChI=1S/C15H14BrN3S/c1-19-12-3-2-9(16)8-11(12)18-15(19)14-10-5-7-20-13(10)4-6-17-14/h2-3,5,7-8,14,17H,4,6H2,1H3. The maximum absolute atomic E-state index is 4.85. The second-order valence-corrected chi connectivity index (χ2v) is 7.01. The van der Waals surface area contributed by atoms with Gasteiger partial charge in [0, 0.05) is 22.9 Å². The number of aryl methyl sites for hydroxylation is 1. The molecule has 3 heterocycles. The molecule has 5 heteroatoms. The Morgan fingerprint density at radius 2 is 2.30 bits per heavy atom. The summed E-state index contributed by atoms with van der Waals surface area (Å²) in [4.78, 5) is 6.34. The van der Waals surface area contributed by atoms with Crippen molar-refractivity contribution in [1.29, 1.82) is 0 Å². The Morgan fingerprint density at radius 3 is 3.20 bits per heavy atom. The molecule has 0 spiro atoms. The highest BCUT2D eigenvalue weighted by Crippen LogP contribution is 2.33. The van der Waals surface area contributed by atoms with Gasteiger partial charge in [-0.3, -0.25) is 0 Å². The molecular formula is C15H14BrN3S. The van der Waals surface area contributed by atoms with E-state index in [0.717, 1.165) is 28.8 Å². The zero-order chi connectivity index (χ0) is 13.7. The predicted molar refractivity (Wildman–Crippen MR) is 86.3 cm³/mol. The Labute approximate surface area is 129 Å². The summed E-state index contributed by atoms with van der Waals surface area (Å²) < 4.78 is 3.27. The fraction of sp³-hybridized carbons (Fsp3) is 0.267. The van der Waals surface area contributed by atoms with E-state index in [2.05, 4.69) is 62.5 Å². The number of halogens is 1. The lowest BCUT2D eigenvalue weighted by molar-refractivity contribution is 0.538. The Balaban J connectivity index is 1.90. The number of thiophene rings is 1. The number of imidazole rings is 1. The van der Waals surface area contributed by atoms with E-state index in [4.69, 9.17) is 4.98 Å². The van der Waals surface area contributed by atoms with Gasteiger partial charge in [0.2, 0.25) is 0 Å². The number of nitrogens with one attached hydrogen (secondary N) is 1. The van der Waals surface area contributed by atoms with Gasteiger partial charge < -0.3 is 9.88 Å². The van der Waals surface area contributed by atoms with Crippen LogP contribution in [0.2, 0.25) is 0 Å². The first-order valence-corrected chi connectivity index (χ1v) is 8.33. The first-order valence-electron chi connectivity index (χ1n) is 6.65. The predicted octanol–water partition coefficient (Wildman–Crippen LogP) is 3.63. The molecule has 3 nitrogen and oxygen atoms in total. The molecule has 0 saturated heterocycles. The molecule has 1 N–H and O–H groups in total. The number of hydrogen-bond donors (Lipinski definition) is 1. The number of fused-ring (bicyclic) bond motifs is 2. The lowest BCUT2D eigenvalue weighted by atomic mass is 10.0. The molecular weight excluding hydrogens is 334 g/mol. The molecule has 4 rings (SSSR count). The lowest BCUT2D eigenvalue weighted by Gasteiger charge is -2.23. The minimum atomic E-state index is 0.209. The summed E-state index contributed by atoms with van der Waals surface area (Å²) in [6.45, 7) is 1.02. The molecule has 0 bridgehead atoms. The monoisotopic (exact) mass is 347 g/mol. The third-order valence-corrected chi connectivity index (χ3v) is 5.42. The first-order chi connectivity index (χ1) is 9.74. The van der Waals surface area contributed by atoms with Crippen LogP contribution in [0.3, 0.4) is 0 Å². The van der Waals surface area contributed by atoms with Gasteiger partial charge in [0.05, 0.1) is 17.1 Å². The molecule has 1 aromatic carbocycles. The minimum Gasteiger partial charge on any atom is -0.329 e. The lowest BCUT2D eigenvalue weighted by Crippen LogP contribution is -2.31. The van der Waals surface area contributed by atoms with E-state index in [1.165, 1.54) is 16.0 Å². The highest BCUT2D eigenvalue weighted by atomic mass is 79.9. The van der Waals surface area contributed by atoms with Gasteiger partial charge in [-0.2, -0.15) is 0 Å². The molecule has 3 aromatic rings. The summed E-state index contributed by atoms with van der Waals surface area (Å²) in [7, 11) is 2.10. The SMILES string of the molecule is Cn1c(C2NCCc3sccc32)nc2cc(Br)ccc21. The van der Waals surface area contributed by atoms with Gasteiger partial charge in [0.15, 0.2) is 0 Å². The summed E-state index contributed by atoms with van der Waals surface area (Å²) in [6, 6.07) is 8.70. The smallest absolute Gasteiger partial charge is 0.131 e. The van der Waals surface area contributed by atoms with Gasteiger partial charge in [-0.25, -0.2) is 4.98 Å². The van der Waals surface area contributed by atoms with Crippen molar-refractivity contribution in [2.45, 2.75) is 12.5 Å². The second kappa shape index (κ2) is 4.69. The molecule has 1 aliphatic rings. The van der Waals surface area contributed by atoms with Crippen molar-refractivity contribution >= 4 is 38.3 Å². The molecule has 20 heavy (non-hydrogen) atoms. The van der Waals surface area contributed by atoms with Crippen molar-refractivity contribution in [3.05, 3.63) is 50.4 Å². The number of benzene rings is 1. The van der Waals surface area contributed by atoms with E-state index in [0.29, 0.717) is 0 Å². The molecule has 2 aromatic heterocycles. The van der Waals surface area contributed by atoms with Crippen LogP contribution >= 0.6 is 27.3 Å². The van der Waals surface area contributed by atoms with Crippen LogP contribution in [0.5, 0.6) is 0 Å². The summed E-state index contributed by atoms with van der Waals surface area (Å²) in [5.41, 5.74) is 3.60. The van der Waals surface area contributed by atoms with Gasteiger partial charge in [0.1, 0.15) is 5.82 Å². The number of aromatic nitrogens is 2. The summed E-state index contributed by atoms with van der Waals surface area (Å²) in [5, 5.41) is 5.79. The molecule has 1 unspecified atom stereocenters. The van der Waals surface area contributed by atoms with Gasteiger partial charge in [0.25, 0.3) is 0 Å². The molecule has 0 fully saturated rings. The number of hydrogen-bond acceptors (Lipinski definition) is 3. The molecule has 1 aliphatic heterocycles. The van der Waals surface area contributed by atoms with E-state index in [1.54, 1.807) is 0 Å². The summed E-state index contributed by atoms with van der Waals surface area (Å²) >= 11 is 5.37. The fourth-order valence-corrected chi connectivity index (χ4v) is 4.20. The summed E-state index contributed by atoms with van der Waals surface area (Å²) in [6.07, 6.45) is 1.12. The highest BCUT2D eigenvalue weighted by molar-refractivity contribution is 9.10. The maximum atomic E-state index is 4.85. The van der Waals surface area contributed by atoms with Crippen LogP contribution in [-0.4, -0.2) is 16.1 Å². The van der Waals surface area contributed by atoms with Crippen LogP contribution in [0.4, 0.5) is 0 Å². The van der Waals surface area contributed by atoms with Crippen molar-refractivity contribution in [1.82, 2.24) is 14.9 Å². The Hall–Kier alpha value is -1.17. The van der Waals surface area contributed by atoms with Crippen LogP contribution in [0.1, 0.15) is 22.3 Å². The number of nitrogens with zero attached hydrogens (tertiary/aromatic N) is 2. The molecule has 102 valence electrons. The average Bonchev–Trinajstić information content (AvgIpc) is 3.03. The van der Waals surface area contributed by atoms with Crippen LogP contribution in [0.15, 0.2) is 34.1 Å². The van der Waals surface area contributed by atoms with Gasteiger partial charge in [-0.15, -0.1) is 11.3 Å². The zero-order valence-corrected chi connectivity index (χ0v) is 13.5. The van der Waals surface area contributed by atoms with Crippen LogP contribution < -0.4 is 5.32 Å². The average molecular weight is 348 g/mol. The second-order valence-electron chi connectivity index (χ2n) is 5.10.